The van der Waals surface area contributed by atoms with Crippen molar-refractivity contribution in [2.24, 2.45) is 11.8 Å². The summed E-state index contributed by atoms with van der Waals surface area (Å²) in [4.78, 5) is 0. The molecule has 0 saturated carbocycles. The fourth-order valence-corrected chi connectivity index (χ4v) is 4.23. The molecule has 0 radical (unpaired) electrons. The van der Waals surface area contributed by atoms with Crippen LogP contribution in [0.4, 0.5) is 0 Å². The molecular weight excluding hydrogens is 290 g/mol. The second kappa shape index (κ2) is 11.3. The van der Waals surface area contributed by atoms with Crippen molar-refractivity contribution in [1.29, 1.82) is 5.26 Å². The van der Waals surface area contributed by atoms with E-state index < -0.39 is 0 Å². The zero-order valence-corrected chi connectivity index (χ0v) is 16.4. The minimum absolute atomic E-state index is 0.320. The van der Waals surface area contributed by atoms with Crippen LogP contribution in [0.15, 0.2) is 30.3 Å². The van der Waals surface area contributed by atoms with Crippen molar-refractivity contribution in [1.82, 2.24) is 0 Å². The topological polar surface area (TPSA) is 23.8 Å². The minimum atomic E-state index is -0.320. The van der Waals surface area contributed by atoms with Crippen LogP contribution in [-0.4, -0.2) is 0 Å². The van der Waals surface area contributed by atoms with E-state index in [4.69, 9.17) is 0 Å². The van der Waals surface area contributed by atoms with Crippen LogP contribution in [0.5, 0.6) is 0 Å². The molecule has 0 N–H and O–H groups in total. The van der Waals surface area contributed by atoms with E-state index in [1.54, 1.807) is 0 Å². The minimum Gasteiger partial charge on any atom is -0.197 e. The van der Waals surface area contributed by atoms with Crippen molar-refractivity contribution in [3.8, 4) is 6.07 Å². The summed E-state index contributed by atoms with van der Waals surface area (Å²) < 4.78 is 0. The van der Waals surface area contributed by atoms with Crippen LogP contribution < -0.4 is 0 Å². The van der Waals surface area contributed by atoms with Crippen molar-refractivity contribution in [3.63, 3.8) is 0 Å². The SMILES string of the molecule is CCCCCC(CCC)C(C#N)(CC(C)CCC)c1ccccc1. The van der Waals surface area contributed by atoms with Crippen LogP contribution in [-0.2, 0) is 5.41 Å². The molecule has 0 aliphatic carbocycles. The van der Waals surface area contributed by atoms with Gasteiger partial charge in [0.25, 0.3) is 0 Å². The Morgan fingerprint density at radius 1 is 0.917 bits per heavy atom. The standard InChI is InChI=1S/C23H37N/c1-5-8-10-15-21(14-7-3)23(19-24,18-20(4)13-6-2)22-16-11-9-12-17-22/h9,11-12,16-17,20-21H,5-8,10,13-15,18H2,1-4H3. The average Bonchev–Trinajstić information content (AvgIpc) is 2.60. The van der Waals surface area contributed by atoms with Gasteiger partial charge in [-0.15, -0.1) is 0 Å². The number of hydrogen-bond acceptors (Lipinski definition) is 1. The Bertz CT molecular complexity index is 473. The molecule has 0 aromatic heterocycles. The number of nitrogens with zero attached hydrogens (tertiary/aromatic N) is 1. The molecule has 24 heavy (non-hydrogen) atoms. The van der Waals surface area contributed by atoms with Crippen molar-refractivity contribution in [2.75, 3.05) is 0 Å². The van der Waals surface area contributed by atoms with Gasteiger partial charge in [0, 0.05) is 0 Å². The molecule has 3 atom stereocenters. The molecule has 0 bridgehead atoms. The molecule has 134 valence electrons. The maximum absolute atomic E-state index is 10.4. The molecule has 1 nitrogen and oxygen atoms in total. The lowest BCUT2D eigenvalue weighted by atomic mass is 9.63. The maximum atomic E-state index is 10.4. The van der Waals surface area contributed by atoms with Gasteiger partial charge in [0.05, 0.1) is 11.5 Å². The maximum Gasteiger partial charge on any atom is 0.0852 e. The van der Waals surface area contributed by atoms with Crippen LogP contribution in [0, 0.1) is 23.2 Å². The normalized spacial score (nSPS) is 16.1. The Morgan fingerprint density at radius 2 is 1.58 bits per heavy atom. The molecule has 0 spiro atoms. The van der Waals surface area contributed by atoms with Gasteiger partial charge in [-0.25, -0.2) is 0 Å². The summed E-state index contributed by atoms with van der Waals surface area (Å²) in [6, 6.07) is 13.5. The van der Waals surface area contributed by atoms with Gasteiger partial charge in [0.1, 0.15) is 0 Å². The van der Waals surface area contributed by atoms with E-state index in [2.05, 4.69) is 64.1 Å². The van der Waals surface area contributed by atoms with E-state index in [1.165, 1.54) is 44.1 Å². The Balaban J connectivity index is 3.19. The van der Waals surface area contributed by atoms with Gasteiger partial charge < -0.3 is 0 Å². The third-order valence-corrected chi connectivity index (χ3v) is 5.43. The summed E-state index contributed by atoms with van der Waals surface area (Å²) in [5, 5.41) is 10.4. The fraction of sp³-hybridized carbons (Fsp3) is 0.696. The largest absolute Gasteiger partial charge is 0.197 e. The van der Waals surface area contributed by atoms with Gasteiger partial charge in [-0.3, -0.25) is 0 Å². The highest BCUT2D eigenvalue weighted by molar-refractivity contribution is 5.34. The zero-order chi connectivity index (χ0) is 17.8. The molecular formula is C23H37N. The first-order valence-electron chi connectivity index (χ1n) is 10.1. The molecule has 0 aliphatic rings. The molecule has 0 heterocycles. The monoisotopic (exact) mass is 327 g/mol. The number of unbranched alkanes of at least 4 members (excludes halogenated alkanes) is 2. The van der Waals surface area contributed by atoms with E-state index in [-0.39, 0.29) is 5.41 Å². The van der Waals surface area contributed by atoms with Crippen LogP contribution in [0.3, 0.4) is 0 Å². The molecule has 0 aliphatic heterocycles. The van der Waals surface area contributed by atoms with Crippen LogP contribution in [0.25, 0.3) is 0 Å². The van der Waals surface area contributed by atoms with E-state index in [9.17, 15) is 5.26 Å². The third-order valence-electron chi connectivity index (χ3n) is 5.43. The Morgan fingerprint density at radius 3 is 2.12 bits per heavy atom. The highest BCUT2D eigenvalue weighted by Crippen LogP contribution is 2.43. The second-order valence-electron chi connectivity index (χ2n) is 7.53. The predicted octanol–water partition coefficient (Wildman–Crippen LogP) is 7.27. The number of rotatable bonds is 12. The smallest absolute Gasteiger partial charge is 0.0852 e. The van der Waals surface area contributed by atoms with Gasteiger partial charge in [-0.05, 0) is 36.7 Å². The van der Waals surface area contributed by atoms with E-state index >= 15 is 0 Å². The van der Waals surface area contributed by atoms with Crippen molar-refractivity contribution < 1.29 is 0 Å². The highest BCUT2D eigenvalue weighted by atomic mass is 14.5. The number of benzene rings is 1. The molecule has 3 unspecified atom stereocenters. The highest BCUT2D eigenvalue weighted by Gasteiger charge is 2.40. The van der Waals surface area contributed by atoms with E-state index in [0.29, 0.717) is 11.8 Å². The molecule has 1 aromatic rings. The molecule has 0 fully saturated rings. The van der Waals surface area contributed by atoms with E-state index in [1.807, 2.05) is 0 Å². The first kappa shape index (κ1) is 20.8. The van der Waals surface area contributed by atoms with E-state index in [0.717, 1.165) is 19.3 Å². The Labute approximate surface area is 150 Å². The molecule has 1 heteroatoms. The second-order valence-corrected chi connectivity index (χ2v) is 7.53. The van der Waals surface area contributed by atoms with Crippen molar-refractivity contribution in [3.05, 3.63) is 35.9 Å². The average molecular weight is 328 g/mol. The molecule has 1 aromatic carbocycles. The number of nitriles is 1. The Hall–Kier alpha value is -1.29. The van der Waals surface area contributed by atoms with Crippen LogP contribution in [0.2, 0.25) is 0 Å². The first-order valence-corrected chi connectivity index (χ1v) is 10.1. The zero-order valence-electron chi connectivity index (χ0n) is 16.4. The van der Waals surface area contributed by atoms with Crippen molar-refractivity contribution in [2.45, 2.75) is 90.9 Å². The summed E-state index contributed by atoms with van der Waals surface area (Å²) in [5.74, 6) is 1.07. The van der Waals surface area contributed by atoms with Gasteiger partial charge in [0.15, 0.2) is 0 Å². The van der Waals surface area contributed by atoms with Crippen LogP contribution in [0.1, 0.15) is 91.0 Å². The van der Waals surface area contributed by atoms with Gasteiger partial charge in [0.2, 0.25) is 0 Å². The Kier molecular flexibility index (Phi) is 9.77. The summed E-state index contributed by atoms with van der Waals surface area (Å²) in [6.45, 7) is 9.09. The fourth-order valence-electron chi connectivity index (χ4n) is 4.23. The molecule has 0 saturated heterocycles. The lowest BCUT2D eigenvalue weighted by Crippen LogP contribution is -2.36. The molecule has 0 amide bonds. The lowest BCUT2D eigenvalue weighted by molar-refractivity contribution is 0.238. The summed E-state index contributed by atoms with van der Waals surface area (Å²) in [7, 11) is 0. The summed E-state index contributed by atoms with van der Waals surface area (Å²) in [5.41, 5.74) is 0.921. The van der Waals surface area contributed by atoms with Gasteiger partial charge in [-0.2, -0.15) is 5.26 Å². The quantitative estimate of drug-likeness (QED) is 0.370. The van der Waals surface area contributed by atoms with Gasteiger partial charge >= 0.3 is 0 Å². The van der Waals surface area contributed by atoms with Crippen LogP contribution >= 0.6 is 0 Å². The summed E-state index contributed by atoms with van der Waals surface area (Å²) in [6.07, 6.45) is 10.7. The first-order chi connectivity index (χ1) is 11.6. The summed E-state index contributed by atoms with van der Waals surface area (Å²) >= 11 is 0. The lowest BCUT2D eigenvalue weighted by Gasteiger charge is -2.38. The van der Waals surface area contributed by atoms with Crippen molar-refractivity contribution >= 4 is 0 Å². The molecule has 1 rings (SSSR count). The predicted molar refractivity (Wildman–Crippen MR) is 105 cm³/mol. The van der Waals surface area contributed by atoms with Gasteiger partial charge in [-0.1, -0.05) is 96.6 Å². The number of hydrogen-bond donors (Lipinski definition) is 0. The third kappa shape index (κ3) is 5.66.